The number of fused-ring (bicyclic) bond motifs is 2. The Bertz CT molecular complexity index is 1450. The summed E-state index contributed by atoms with van der Waals surface area (Å²) in [6.07, 6.45) is 3.67. The fourth-order valence-corrected chi connectivity index (χ4v) is 4.01. The van der Waals surface area contributed by atoms with E-state index in [0.29, 0.717) is 30.0 Å². The average molecular weight is 638 g/mol. The van der Waals surface area contributed by atoms with Gasteiger partial charge in [-0.15, -0.1) is 0 Å². The standard InChI is InChI=1S/C14H18N2O4.C9H8N2O2.C5H11BrO2/c1-18-10-4-5-11-12(8-10)16(13(17)9-15-11)7-6-14(19-2)20-3;1-13-6-2-3-7-8(4-6)11-9(12)5-10-7;1-7-5(8-2)3-4-6/h4-5,8-9,14H,6-7H2,1-3H3;2-5H,1H3,(H,11,12);5H,3-4H2,1-2H3. The molecule has 4 aromatic rings. The van der Waals surface area contributed by atoms with Crippen LogP contribution in [0.1, 0.15) is 12.8 Å². The second-order valence-electron chi connectivity index (χ2n) is 8.30. The van der Waals surface area contributed by atoms with Crippen LogP contribution in [0.4, 0.5) is 0 Å². The van der Waals surface area contributed by atoms with Gasteiger partial charge in [-0.1, -0.05) is 15.9 Å². The number of methoxy groups -OCH3 is 6. The molecule has 0 saturated carbocycles. The van der Waals surface area contributed by atoms with Gasteiger partial charge in [-0.3, -0.25) is 9.59 Å². The van der Waals surface area contributed by atoms with E-state index in [9.17, 15) is 9.59 Å². The highest BCUT2D eigenvalue weighted by atomic mass is 79.9. The number of nitrogens with one attached hydrogen (secondary N) is 1. The molecule has 0 aliphatic carbocycles. The van der Waals surface area contributed by atoms with Crippen molar-refractivity contribution in [3.63, 3.8) is 0 Å². The Morgan fingerprint density at radius 2 is 1.34 bits per heavy atom. The summed E-state index contributed by atoms with van der Waals surface area (Å²) >= 11 is 3.27. The molecule has 0 saturated heterocycles. The zero-order chi connectivity index (χ0) is 30.2. The molecule has 0 radical (unpaired) electrons. The first-order valence-corrected chi connectivity index (χ1v) is 13.7. The average Bonchev–Trinajstić information content (AvgIpc) is 3.01. The molecule has 1 N–H and O–H groups in total. The topological polar surface area (TPSA) is 136 Å². The van der Waals surface area contributed by atoms with Crippen LogP contribution < -0.4 is 20.6 Å². The number of aromatic nitrogens is 4. The zero-order valence-corrected chi connectivity index (χ0v) is 25.7. The number of ether oxygens (including phenoxy) is 6. The number of alkyl halides is 1. The van der Waals surface area contributed by atoms with Crippen LogP contribution in [-0.2, 0) is 25.5 Å². The van der Waals surface area contributed by atoms with Crippen molar-refractivity contribution >= 4 is 38.0 Å². The maximum atomic E-state index is 12.0. The summed E-state index contributed by atoms with van der Waals surface area (Å²) in [6.45, 7) is 0.483. The number of H-pyrrole nitrogens is 1. The van der Waals surface area contributed by atoms with Crippen molar-refractivity contribution in [2.24, 2.45) is 0 Å². The van der Waals surface area contributed by atoms with Gasteiger partial charge >= 0.3 is 0 Å². The first-order valence-electron chi connectivity index (χ1n) is 12.6. The summed E-state index contributed by atoms with van der Waals surface area (Å²) in [5.74, 6) is 1.39. The fraction of sp³-hybridized carbons (Fsp3) is 0.429. The molecular weight excluding hydrogens is 600 g/mol. The van der Waals surface area contributed by atoms with Gasteiger partial charge in [0.2, 0.25) is 0 Å². The van der Waals surface area contributed by atoms with Crippen LogP contribution in [0.2, 0.25) is 0 Å². The summed E-state index contributed by atoms with van der Waals surface area (Å²) < 4.78 is 31.9. The highest BCUT2D eigenvalue weighted by Gasteiger charge is 2.10. The molecular formula is C28H37BrN4O8. The fourth-order valence-electron chi connectivity index (χ4n) is 3.63. The molecule has 13 heteroatoms. The van der Waals surface area contributed by atoms with Gasteiger partial charge in [0.15, 0.2) is 12.6 Å². The van der Waals surface area contributed by atoms with E-state index in [2.05, 4.69) is 30.9 Å². The third-order valence-corrected chi connectivity index (χ3v) is 6.28. The van der Waals surface area contributed by atoms with E-state index in [-0.39, 0.29) is 23.7 Å². The molecule has 0 aliphatic rings. The van der Waals surface area contributed by atoms with Crippen LogP contribution >= 0.6 is 15.9 Å². The number of hydrogen-bond acceptors (Lipinski definition) is 10. The van der Waals surface area contributed by atoms with Crippen molar-refractivity contribution in [1.82, 2.24) is 19.5 Å². The Balaban J connectivity index is 0.000000240. The van der Waals surface area contributed by atoms with E-state index in [1.165, 1.54) is 12.4 Å². The van der Waals surface area contributed by atoms with E-state index in [1.54, 1.807) is 71.5 Å². The third-order valence-electron chi connectivity index (χ3n) is 5.82. The second-order valence-corrected chi connectivity index (χ2v) is 9.09. The van der Waals surface area contributed by atoms with Gasteiger partial charge in [0.25, 0.3) is 11.1 Å². The number of aromatic amines is 1. The van der Waals surface area contributed by atoms with E-state index in [1.807, 2.05) is 12.1 Å². The highest BCUT2D eigenvalue weighted by molar-refractivity contribution is 9.09. The van der Waals surface area contributed by atoms with Crippen LogP contribution in [0.5, 0.6) is 11.5 Å². The van der Waals surface area contributed by atoms with Gasteiger partial charge in [0.1, 0.15) is 11.5 Å². The van der Waals surface area contributed by atoms with Gasteiger partial charge in [0, 0.05) is 65.3 Å². The van der Waals surface area contributed by atoms with Crippen molar-refractivity contribution in [2.45, 2.75) is 32.0 Å². The first kappa shape index (κ1) is 33.8. The monoisotopic (exact) mass is 636 g/mol. The molecule has 2 heterocycles. The minimum Gasteiger partial charge on any atom is -0.497 e. The summed E-state index contributed by atoms with van der Waals surface area (Å²) in [5.41, 5.74) is 2.56. The molecule has 0 atom stereocenters. The minimum atomic E-state index is -0.337. The highest BCUT2D eigenvalue weighted by Crippen LogP contribution is 2.18. The lowest BCUT2D eigenvalue weighted by Gasteiger charge is -2.15. The predicted molar refractivity (Wildman–Crippen MR) is 160 cm³/mol. The van der Waals surface area contributed by atoms with E-state index in [0.717, 1.165) is 28.3 Å². The van der Waals surface area contributed by atoms with E-state index < -0.39 is 0 Å². The molecule has 41 heavy (non-hydrogen) atoms. The van der Waals surface area contributed by atoms with Crippen molar-refractivity contribution in [1.29, 1.82) is 0 Å². The number of nitrogens with zero attached hydrogens (tertiary/aromatic N) is 3. The summed E-state index contributed by atoms with van der Waals surface area (Å²) in [6, 6.07) is 10.8. The maximum absolute atomic E-state index is 12.0. The number of rotatable bonds is 11. The van der Waals surface area contributed by atoms with Gasteiger partial charge in [-0.25, -0.2) is 9.97 Å². The van der Waals surface area contributed by atoms with E-state index in [4.69, 9.17) is 28.4 Å². The Kier molecular flexibility index (Phi) is 15.0. The molecule has 0 aliphatic heterocycles. The Morgan fingerprint density at radius 1 is 0.780 bits per heavy atom. The van der Waals surface area contributed by atoms with Crippen molar-refractivity contribution in [2.75, 3.05) is 48.0 Å². The molecule has 224 valence electrons. The number of hydrogen-bond donors (Lipinski definition) is 1. The Labute approximate surface area is 246 Å². The van der Waals surface area contributed by atoms with Gasteiger partial charge in [-0.05, 0) is 24.3 Å². The number of halogens is 1. The molecule has 0 amide bonds. The van der Waals surface area contributed by atoms with Crippen LogP contribution in [-0.4, -0.2) is 80.1 Å². The van der Waals surface area contributed by atoms with Crippen molar-refractivity contribution < 1.29 is 28.4 Å². The lowest BCUT2D eigenvalue weighted by molar-refractivity contribution is -0.107. The summed E-state index contributed by atoms with van der Waals surface area (Å²) in [7, 11) is 9.59. The predicted octanol–water partition coefficient (Wildman–Crippen LogP) is 3.74. The first-order chi connectivity index (χ1) is 19.8. The molecule has 0 unspecified atom stereocenters. The van der Waals surface area contributed by atoms with Crippen LogP contribution in [0, 0.1) is 0 Å². The lowest BCUT2D eigenvalue weighted by Crippen LogP contribution is -2.24. The van der Waals surface area contributed by atoms with E-state index >= 15 is 0 Å². The minimum absolute atomic E-state index is 0.0469. The third kappa shape index (κ3) is 10.5. The van der Waals surface area contributed by atoms with Gasteiger partial charge in [-0.2, -0.15) is 0 Å². The number of aryl methyl sites for hydroxylation is 1. The molecule has 0 spiro atoms. The van der Waals surface area contributed by atoms with Gasteiger partial charge < -0.3 is 38.0 Å². The van der Waals surface area contributed by atoms with Crippen LogP contribution in [0.25, 0.3) is 22.1 Å². The van der Waals surface area contributed by atoms with Gasteiger partial charge in [0.05, 0.1) is 48.7 Å². The maximum Gasteiger partial charge on any atom is 0.269 e. The Morgan fingerprint density at radius 3 is 1.90 bits per heavy atom. The summed E-state index contributed by atoms with van der Waals surface area (Å²) in [5, 5.41) is 0.916. The molecule has 2 aromatic heterocycles. The Hall–Kier alpha value is -3.36. The normalized spacial score (nSPS) is 10.8. The molecule has 0 bridgehead atoms. The summed E-state index contributed by atoms with van der Waals surface area (Å²) in [4.78, 5) is 33.7. The number of benzene rings is 2. The molecule has 0 fully saturated rings. The SMILES string of the molecule is COC(CCBr)OC.COc1ccc2ncc(=O)[nH]c2c1.COc1ccc2ncc(=O)n(CCC(OC)OC)c2c1. The van der Waals surface area contributed by atoms with Crippen molar-refractivity contribution in [3.05, 3.63) is 69.5 Å². The van der Waals surface area contributed by atoms with Crippen LogP contribution in [0.15, 0.2) is 58.4 Å². The molecule has 4 rings (SSSR count). The largest absolute Gasteiger partial charge is 0.497 e. The van der Waals surface area contributed by atoms with Crippen LogP contribution in [0.3, 0.4) is 0 Å². The zero-order valence-electron chi connectivity index (χ0n) is 24.1. The van der Waals surface area contributed by atoms with Crippen molar-refractivity contribution in [3.8, 4) is 11.5 Å². The quantitative estimate of drug-likeness (QED) is 0.191. The molecule has 12 nitrogen and oxygen atoms in total. The lowest BCUT2D eigenvalue weighted by atomic mass is 10.2. The second kappa shape index (κ2) is 18.1. The molecule has 2 aromatic carbocycles. The smallest absolute Gasteiger partial charge is 0.269 e.